The van der Waals surface area contributed by atoms with Crippen LogP contribution in [0.3, 0.4) is 0 Å². The van der Waals surface area contributed by atoms with E-state index < -0.39 is 5.60 Å². The van der Waals surface area contributed by atoms with Crippen molar-refractivity contribution in [2.24, 2.45) is 0 Å². The maximum atomic E-state index is 12.0. The third-order valence-electron chi connectivity index (χ3n) is 5.91. The van der Waals surface area contributed by atoms with Crippen molar-refractivity contribution >= 4 is 11.8 Å². The largest absolute Gasteiger partial charge is 0.493 e. The van der Waals surface area contributed by atoms with Gasteiger partial charge in [0.2, 0.25) is 5.75 Å². The van der Waals surface area contributed by atoms with Crippen molar-refractivity contribution in [3.8, 4) is 28.4 Å². The molecule has 0 amide bonds. The number of fused-ring (bicyclic) bond motifs is 1. The molecule has 2 aromatic carbocycles. The van der Waals surface area contributed by atoms with E-state index in [1.165, 1.54) is 0 Å². The number of esters is 1. The number of aryl methyl sites for hydroxylation is 1. The fraction of sp³-hybridized carbons (Fsp3) is 0.440. The smallest absolute Gasteiger partial charge is 0.306 e. The summed E-state index contributed by atoms with van der Waals surface area (Å²) >= 11 is 0. The summed E-state index contributed by atoms with van der Waals surface area (Å²) in [7, 11) is 3.15. The van der Waals surface area contributed by atoms with E-state index in [1.54, 1.807) is 14.2 Å². The SMILES string of the molecule is CCCC(=O)OC1(COc2c(-c3ccc4c(c3)CCC4=O)ccc(OC)c2OC)CC1. The van der Waals surface area contributed by atoms with Gasteiger partial charge in [0.05, 0.1) is 14.2 Å². The third kappa shape index (κ3) is 4.24. The topological polar surface area (TPSA) is 71.1 Å². The van der Waals surface area contributed by atoms with Crippen LogP contribution in [-0.4, -0.2) is 38.2 Å². The number of ketones is 1. The fourth-order valence-electron chi connectivity index (χ4n) is 4.01. The first-order chi connectivity index (χ1) is 15.0. The predicted octanol–water partition coefficient (Wildman–Crippen LogP) is 4.75. The Balaban J connectivity index is 1.66. The van der Waals surface area contributed by atoms with E-state index in [2.05, 4.69) is 0 Å². The van der Waals surface area contributed by atoms with E-state index in [-0.39, 0.29) is 18.4 Å². The van der Waals surface area contributed by atoms with E-state index in [0.717, 1.165) is 47.9 Å². The molecule has 0 unspecified atom stereocenters. The van der Waals surface area contributed by atoms with E-state index in [1.807, 2.05) is 37.3 Å². The number of benzene rings is 2. The molecule has 0 spiro atoms. The minimum atomic E-state index is -0.567. The van der Waals surface area contributed by atoms with Gasteiger partial charge in [0, 0.05) is 24.0 Å². The standard InChI is InChI=1S/C25H28O6/c1-4-5-22(27)31-25(12-13-25)15-30-23-19(9-11-21(28-2)24(23)29-3)17-6-8-18-16(14-17)7-10-20(18)26/h6,8-9,11,14H,4-5,7,10,12-13,15H2,1-3H3. The van der Waals surface area contributed by atoms with Crippen LogP contribution in [0.4, 0.5) is 0 Å². The van der Waals surface area contributed by atoms with Crippen molar-refractivity contribution in [2.45, 2.75) is 51.0 Å². The summed E-state index contributed by atoms with van der Waals surface area (Å²) in [6.07, 6.45) is 4.03. The van der Waals surface area contributed by atoms with Gasteiger partial charge in [-0.2, -0.15) is 0 Å². The molecule has 1 fully saturated rings. The summed E-state index contributed by atoms with van der Waals surface area (Å²) in [6.45, 7) is 2.21. The summed E-state index contributed by atoms with van der Waals surface area (Å²) in [5.41, 5.74) is 3.07. The molecule has 6 heteroatoms. The molecule has 31 heavy (non-hydrogen) atoms. The Labute approximate surface area is 182 Å². The third-order valence-corrected chi connectivity index (χ3v) is 5.91. The molecule has 2 aliphatic carbocycles. The molecule has 0 aliphatic heterocycles. The number of carbonyl (C=O) groups is 2. The number of methoxy groups -OCH3 is 2. The Kier molecular flexibility index (Phi) is 5.90. The molecule has 0 radical (unpaired) electrons. The van der Waals surface area contributed by atoms with E-state index >= 15 is 0 Å². The van der Waals surface area contributed by atoms with Gasteiger partial charge >= 0.3 is 5.97 Å². The van der Waals surface area contributed by atoms with Gasteiger partial charge in [-0.1, -0.05) is 25.1 Å². The van der Waals surface area contributed by atoms with Crippen LogP contribution in [-0.2, 0) is 16.0 Å². The van der Waals surface area contributed by atoms with Crippen LogP contribution < -0.4 is 14.2 Å². The average Bonchev–Trinajstić information content (AvgIpc) is 3.44. The molecule has 0 bridgehead atoms. The van der Waals surface area contributed by atoms with Gasteiger partial charge in [0.25, 0.3) is 0 Å². The summed E-state index contributed by atoms with van der Waals surface area (Å²) < 4.78 is 23.0. The number of hydrogen-bond donors (Lipinski definition) is 0. The first kappa shape index (κ1) is 21.2. The molecule has 1 saturated carbocycles. The lowest BCUT2D eigenvalue weighted by molar-refractivity contribution is -0.153. The zero-order valence-electron chi connectivity index (χ0n) is 18.3. The minimum absolute atomic E-state index is 0.190. The highest BCUT2D eigenvalue weighted by Gasteiger charge is 2.48. The Hall–Kier alpha value is -3.02. The van der Waals surface area contributed by atoms with E-state index in [0.29, 0.717) is 30.1 Å². The molecular formula is C25H28O6. The number of ether oxygens (including phenoxy) is 4. The van der Waals surface area contributed by atoms with Crippen LogP contribution in [0, 0.1) is 0 Å². The molecule has 2 aromatic rings. The molecule has 0 atom stereocenters. The normalized spacial score (nSPS) is 15.9. The maximum Gasteiger partial charge on any atom is 0.306 e. The molecule has 0 heterocycles. The summed E-state index contributed by atoms with van der Waals surface area (Å²) in [4.78, 5) is 24.0. The van der Waals surface area contributed by atoms with E-state index in [4.69, 9.17) is 18.9 Å². The minimum Gasteiger partial charge on any atom is -0.493 e. The van der Waals surface area contributed by atoms with Gasteiger partial charge in [0.15, 0.2) is 17.3 Å². The Morgan fingerprint density at radius 2 is 1.77 bits per heavy atom. The monoisotopic (exact) mass is 424 g/mol. The average molecular weight is 424 g/mol. The predicted molar refractivity (Wildman–Crippen MR) is 116 cm³/mol. The lowest BCUT2D eigenvalue weighted by Crippen LogP contribution is -2.27. The Morgan fingerprint density at radius 3 is 2.45 bits per heavy atom. The van der Waals surface area contributed by atoms with Crippen LogP contribution in [0.15, 0.2) is 30.3 Å². The highest BCUT2D eigenvalue weighted by molar-refractivity contribution is 6.01. The van der Waals surface area contributed by atoms with Crippen molar-refractivity contribution in [2.75, 3.05) is 20.8 Å². The van der Waals surface area contributed by atoms with Gasteiger partial charge in [-0.3, -0.25) is 9.59 Å². The molecule has 6 nitrogen and oxygen atoms in total. The highest BCUT2D eigenvalue weighted by atomic mass is 16.6. The second kappa shape index (κ2) is 8.61. The zero-order valence-corrected chi connectivity index (χ0v) is 18.3. The number of rotatable bonds is 9. The molecule has 0 N–H and O–H groups in total. The number of Topliss-reactive ketones (excluding diaryl/α,β-unsaturated/α-hetero) is 1. The second-order valence-electron chi connectivity index (χ2n) is 8.17. The van der Waals surface area contributed by atoms with Crippen molar-refractivity contribution < 1.29 is 28.5 Å². The molecule has 0 saturated heterocycles. The van der Waals surface area contributed by atoms with Crippen LogP contribution in [0.25, 0.3) is 11.1 Å². The molecular weight excluding hydrogens is 396 g/mol. The van der Waals surface area contributed by atoms with Gasteiger partial charge < -0.3 is 18.9 Å². The lowest BCUT2D eigenvalue weighted by Gasteiger charge is -2.22. The maximum absolute atomic E-state index is 12.0. The quantitative estimate of drug-likeness (QED) is 0.541. The number of hydrogen-bond acceptors (Lipinski definition) is 6. The molecule has 2 aliphatic rings. The van der Waals surface area contributed by atoms with Crippen molar-refractivity contribution in [3.05, 3.63) is 41.5 Å². The van der Waals surface area contributed by atoms with Crippen LogP contribution in [0.2, 0.25) is 0 Å². The van der Waals surface area contributed by atoms with E-state index in [9.17, 15) is 9.59 Å². The second-order valence-corrected chi connectivity index (χ2v) is 8.17. The van der Waals surface area contributed by atoms with Crippen molar-refractivity contribution in [1.29, 1.82) is 0 Å². The van der Waals surface area contributed by atoms with Crippen LogP contribution >= 0.6 is 0 Å². The molecule has 4 rings (SSSR count). The van der Waals surface area contributed by atoms with Gasteiger partial charge in [-0.15, -0.1) is 0 Å². The summed E-state index contributed by atoms with van der Waals surface area (Å²) in [5.74, 6) is 1.60. The highest BCUT2D eigenvalue weighted by Crippen LogP contribution is 2.47. The van der Waals surface area contributed by atoms with Crippen molar-refractivity contribution in [3.63, 3.8) is 0 Å². The summed E-state index contributed by atoms with van der Waals surface area (Å²) in [5, 5.41) is 0. The van der Waals surface area contributed by atoms with Gasteiger partial charge in [-0.25, -0.2) is 0 Å². The van der Waals surface area contributed by atoms with Crippen LogP contribution in [0.5, 0.6) is 17.2 Å². The van der Waals surface area contributed by atoms with Crippen LogP contribution in [0.1, 0.15) is 54.9 Å². The first-order valence-electron chi connectivity index (χ1n) is 10.8. The Morgan fingerprint density at radius 1 is 1.00 bits per heavy atom. The lowest BCUT2D eigenvalue weighted by atomic mass is 9.99. The van der Waals surface area contributed by atoms with Gasteiger partial charge in [0.1, 0.15) is 12.2 Å². The Bertz CT molecular complexity index is 1010. The molecule has 0 aromatic heterocycles. The van der Waals surface area contributed by atoms with Crippen molar-refractivity contribution in [1.82, 2.24) is 0 Å². The number of carbonyl (C=O) groups excluding carboxylic acids is 2. The first-order valence-corrected chi connectivity index (χ1v) is 10.8. The summed E-state index contributed by atoms with van der Waals surface area (Å²) in [6, 6.07) is 9.63. The molecule has 164 valence electrons. The zero-order chi connectivity index (χ0) is 22.0. The fourth-order valence-corrected chi connectivity index (χ4v) is 4.01. The van der Waals surface area contributed by atoms with Gasteiger partial charge in [-0.05, 0) is 48.9 Å².